The zero-order valence-electron chi connectivity index (χ0n) is 12.1. The number of amides is 2. The Bertz CT molecular complexity index is 660. The molecule has 0 atom stereocenters. The van der Waals surface area contributed by atoms with E-state index in [0.29, 0.717) is 5.89 Å². The van der Waals surface area contributed by atoms with Gasteiger partial charge in [-0.15, -0.1) is 0 Å². The number of aryl methyl sites for hydroxylation is 1. The van der Waals surface area contributed by atoms with Crippen LogP contribution in [-0.2, 0) is 0 Å². The zero-order valence-corrected chi connectivity index (χ0v) is 12.1. The van der Waals surface area contributed by atoms with Crippen molar-refractivity contribution < 1.29 is 9.21 Å². The Kier molecular flexibility index (Phi) is 2.92. The SMILES string of the molecule is Cc1nc2cc(NC(=O)N3CCCC3(C)C)ccc2o1. The van der Waals surface area contributed by atoms with Crippen LogP contribution in [0.1, 0.15) is 32.6 Å². The van der Waals surface area contributed by atoms with Gasteiger partial charge in [0, 0.05) is 24.7 Å². The number of likely N-dealkylation sites (tertiary alicyclic amines) is 1. The molecule has 2 aromatic rings. The highest BCUT2D eigenvalue weighted by Crippen LogP contribution is 2.29. The van der Waals surface area contributed by atoms with Crippen LogP contribution in [0.25, 0.3) is 11.1 Å². The molecule has 1 aliphatic rings. The lowest BCUT2D eigenvalue weighted by Gasteiger charge is -2.31. The van der Waals surface area contributed by atoms with E-state index in [-0.39, 0.29) is 11.6 Å². The Morgan fingerprint density at radius 1 is 1.45 bits per heavy atom. The van der Waals surface area contributed by atoms with Crippen molar-refractivity contribution >= 4 is 22.8 Å². The van der Waals surface area contributed by atoms with Gasteiger partial charge < -0.3 is 14.6 Å². The molecule has 2 heterocycles. The zero-order chi connectivity index (χ0) is 14.3. The van der Waals surface area contributed by atoms with E-state index in [1.807, 2.05) is 30.0 Å². The summed E-state index contributed by atoms with van der Waals surface area (Å²) in [7, 11) is 0. The van der Waals surface area contributed by atoms with Gasteiger partial charge in [-0.25, -0.2) is 9.78 Å². The van der Waals surface area contributed by atoms with Crippen molar-refractivity contribution in [2.24, 2.45) is 0 Å². The van der Waals surface area contributed by atoms with Gasteiger partial charge in [0.05, 0.1) is 0 Å². The first kappa shape index (κ1) is 13.0. The lowest BCUT2D eigenvalue weighted by atomic mass is 10.0. The minimum Gasteiger partial charge on any atom is -0.441 e. The van der Waals surface area contributed by atoms with Crippen molar-refractivity contribution in [2.45, 2.75) is 39.2 Å². The molecule has 20 heavy (non-hydrogen) atoms. The fourth-order valence-electron chi connectivity index (χ4n) is 2.80. The maximum absolute atomic E-state index is 12.3. The highest BCUT2D eigenvalue weighted by atomic mass is 16.3. The molecule has 2 amide bonds. The number of fused-ring (bicyclic) bond motifs is 1. The van der Waals surface area contributed by atoms with Crippen LogP contribution in [0, 0.1) is 6.92 Å². The second-order valence-corrected chi connectivity index (χ2v) is 5.91. The average Bonchev–Trinajstić information content (AvgIpc) is 2.89. The lowest BCUT2D eigenvalue weighted by molar-refractivity contribution is 0.178. The first-order chi connectivity index (χ1) is 9.45. The number of urea groups is 1. The van der Waals surface area contributed by atoms with Crippen molar-refractivity contribution in [1.29, 1.82) is 0 Å². The Labute approximate surface area is 118 Å². The molecule has 1 aromatic carbocycles. The van der Waals surface area contributed by atoms with Crippen LogP contribution in [0.5, 0.6) is 0 Å². The standard InChI is InChI=1S/C15H19N3O2/c1-10-16-12-9-11(5-6-13(12)20-10)17-14(19)18-8-4-7-15(18,2)3/h5-6,9H,4,7-8H2,1-3H3,(H,17,19). The molecule has 1 aromatic heterocycles. The second kappa shape index (κ2) is 4.51. The number of carbonyl (C=O) groups is 1. The fourth-order valence-corrected chi connectivity index (χ4v) is 2.80. The van der Waals surface area contributed by atoms with Crippen molar-refractivity contribution in [1.82, 2.24) is 9.88 Å². The molecule has 0 bridgehead atoms. The van der Waals surface area contributed by atoms with Gasteiger partial charge in [0.15, 0.2) is 11.5 Å². The lowest BCUT2D eigenvalue weighted by Crippen LogP contribution is -2.44. The molecule has 3 rings (SSSR count). The van der Waals surface area contributed by atoms with Gasteiger partial charge in [-0.1, -0.05) is 0 Å². The number of aromatic nitrogens is 1. The third-order valence-electron chi connectivity index (χ3n) is 3.89. The van der Waals surface area contributed by atoms with E-state index in [1.165, 1.54) is 0 Å². The van der Waals surface area contributed by atoms with Gasteiger partial charge in [0.25, 0.3) is 0 Å². The van der Waals surface area contributed by atoms with Gasteiger partial charge in [-0.05, 0) is 44.9 Å². The highest BCUT2D eigenvalue weighted by molar-refractivity contribution is 5.92. The van der Waals surface area contributed by atoms with Gasteiger partial charge in [0.2, 0.25) is 0 Å². The molecular formula is C15H19N3O2. The first-order valence-corrected chi connectivity index (χ1v) is 6.91. The van der Waals surface area contributed by atoms with Crippen LogP contribution in [0.15, 0.2) is 22.6 Å². The second-order valence-electron chi connectivity index (χ2n) is 5.91. The summed E-state index contributed by atoms with van der Waals surface area (Å²) in [6.45, 7) is 6.82. The molecule has 1 saturated heterocycles. The van der Waals surface area contributed by atoms with Gasteiger partial charge in [0.1, 0.15) is 5.52 Å². The van der Waals surface area contributed by atoms with Gasteiger partial charge in [-0.2, -0.15) is 0 Å². The summed E-state index contributed by atoms with van der Waals surface area (Å²) in [4.78, 5) is 18.5. The van der Waals surface area contributed by atoms with Crippen LogP contribution < -0.4 is 5.32 Å². The van der Waals surface area contributed by atoms with Gasteiger partial charge in [-0.3, -0.25) is 0 Å². The highest BCUT2D eigenvalue weighted by Gasteiger charge is 2.35. The van der Waals surface area contributed by atoms with Gasteiger partial charge >= 0.3 is 6.03 Å². The molecule has 1 N–H and O–H groups in total. The Balaban J connectivity index is 1.80. The third kappa shape index (κ3) is 2.24. The van der Waals surface area contributed by atoms with Crippen LogP contribution >= 0.6 is 0 Å². The summed E-state index contributed by atoms with van der Waals surface area (Å²) in [6, 6.07) is 5.47. The number of benzene rings is 1. The summed E-state index contributed by atoms with van der Waals surface area (Å²) in [6.07, 6.45) is 2.10. The number of rotatable bonds is 1. The van der Waals surface area contributed by atoms with E-state index in [2.05, 4.69) is 24.1 Å². The predicted octanol–water partition coefficient (Wildman–Crippen LogP) is 3.54. The number of hydrogen-bond acceptors (Lipinski definition) is 3. The quantitative estimate of drug-likeness (QED) is 0.864. The minimum absolute atomic E-state index is 0.0490. The van der Waals surface area contributed by atoms with Crippen molar-refractivity contribution in [3.8, 4) is 0 Å². The Hall–Kier alpha value is -2.04. The smallest absolute Gasteiger partial charge is 0.322 e. The normalized spacial score (nSPS) is 17.6. The first-order valence-electron chi connectivity index (χ1n) is 6.91. The molecule has 0 aliphatic carbocycles. The Morgan fingerprint density at radius 2 is 2.25 bits per heavy atom. The molecule has 0 spiro atoms. The molecule has 1 aliphatic heterocycles. The van der Waals surface area contributed by atoms with E-state index >= 15 is 0 Å². The van der Waals surface area contributed by atoms with E-state index in [9.17, 15) is 4.79 Å². The number of oxazole rings is 1. The van der Waals surface area contributed by atoms with E-state index in [1.54, 1.807) is 0 Å². The molecule has 5 heteroatoms. The van der Waals surface area contributed by atoms with E-state index < -0.39 is 0 Å². The summed E-state index contributed by atoms with van der Waals surface area (Å²) in [5.74, 6) is 0.629. The molecular weight excluding hydrogens is 254 g/mol. The predicted molar refractivity (Wildman–Crippen MR) is 77.8 cm³/mol. The molecule has 1 fully saturated rings. The van der Waals surface area contributed by atoms with Crippen molar-refractivity contribution in [3.05, 3.63) is 24.1 Å². The molecule has 0 unspecified atom stereocenters. The summed E-state index contributed by atoms with van der Waals surface area (Å²) < 4.78 is 5.43. The number of nitrogens with zero attached hydrogens (tertiary/aromatic N) is 2. The fraction of sp³-hybridized carbons (Fsp3) is 0.467. The maximum atomic E-state index is 12.3. The van der Waals surface area contributed by atoms with Crippen molar-refractivity contribution in [3.63, 3.8) is 0 Å². The summed E-state index contributed by atoms with van der Waals surface area (Å²) in [5, 5.41) is 2.95. The van der Waals surface area contributed by atoms with Crippen LogP contribution in [0.2, 0.25) is 0 Å². The van der Waals surface area contributed by atoms with Crippen LogP contribution in [0.4, 0.5) is 10.5 Å². The summed E-state index contributed by atoms with van der Waals surface area (Å²) >= 11 is 0. The molecule has 5 nitrogen and oxygen atoms in total. The Morgan fingerprint density at radius 3 is 2.95 bits per heavy atom. The maximum Gasteiger partial charge on any atom is 0.322 e. The average molecular weight is 273 g/mol. The minimum atomic E-state index is -0.0708. The third-order valence-corrected chi connectivity index (χ3v) is 3.89. The molecule has 0 saturated carbocycles. The monoisotopic (exact) mass is 273 g/mol. The topological polar surface area (TPSA) is 58.4 Å². The number of anilines is 1. The number of carbonyl (C=O) groups excluding carboxylic acids is 1. The van der Waals surface area contributed by atoms with E-state index in [0.717, 1.165) is 36.2 Å². The summed E-state index contributed by atoms with van der Waals surface area (Å²) in [5.41, 5.74) is 2.18. The largest absolute Gasteiger partial charge is 0.441 e. The van der Waals surface area contributed by atoms with E-state index in [4.69, 9.17) is 4.42 Å². The van der Waals surface area contributed by atoms with Crippen LogP contribution in [-0.4, -0.2) is 28.0 Å². The number of hydrogen-bond donors (Lipinski definition) is 1. The number of nitrogens with one attached hydrogen (secondary N) is 1. The molecule has 106 valence electrons. The van der Waals surface area contributed by atoms with Crippen LogP contribution in [0.3, 0.4) is 0 Å². The van der Waals surface area contributed by atoms with Crippen molar-refractivity contribution in [2.75, 3.05) is 11.9 Å². The molecule has 0 radical (unpaired) electrons.